The molecule has 3 heteroatoms. The van der Waals surface area contributed by atoms with E-state index in [1.165, 1.54) is 11.3 Å². The summed E-state index contributed by atoms with van der Waals surface area (Å²) >= 11 is 0. The molecule has 0 spiro atoms. The molecule has 0 bridgehead atoms. The molecule has 0 radical (unpaired) electrons. The quantitative estimate of drug-likeness (QED) is 0.783. The minimum atomic E-state index is 0.0708. The zero-order chi connectivity index (χ0) is 11.7. The zero-order valence-electron chi connectivity index (χ0n) is 10.1. The van der Waals surface area contributed by atoms with E-state index < -0.39 is 0 Å². The maximum absolute atomic E-state index is 11.8. The van der Waals surface area contributed by atoms with Crippen molar-refractivity contribution in [2.24, 2.45) is 0 Å². The predicted molar refractivity (Wildman–Crippen MR) is 65.9 cm³/mol. The number of nitrogens with one attached hydrogen (secondary N) is 1. The molecule has 0 saturated carbocycles. The van der Waals surface area contributed by atoms with E-state index >= 15 is 0 Å². The van der Waals surface area contributed by atoms with Crippen LogP contribution in [0.2, 0.25) is 0 Å². The van der Waals surface area contributed by atoms with Gasteiger partial charge in [0.1, 0.15) is 0 Å². The molecular formula is C13H18N2O. The van der Waals surface area contributed by atoms with Gasteiger partial charge < -0.3 is 10.2 Å². The molecule has 0 aliphatic carbocycles. The van der Waals surface area contributed by atoms with Crippen molar-refractivity contribution in [3.8, 4) is 0 Å². The molecular weight excluding hydrogens is 200 g/mol. The van der Waals surface area contributed by atoms with Crippen LogP contribution in [0.15, 0.2) is 18.2 Å². The van der Waals surface area contributed by atoms with Gasteiger partial charge in [0, 0.05) is 31.4 Å². The first kappa shape index (κ1) is 11.0. The standard InChI is InChI=1S/C13H18N2O/c1-9-4-5-10-8-11(13(16)15(2)3)6-7-12(10)14-9/h6-9,14H,4-5H2,1-3H3/t9-/m0/s1. The van der Waals surface area contributed by atoms with Crippen molar-refractivity contribution in [2.75, 3.05) is 19.4 Å². The van der Waals surface area contributed by atoms with E-state index in [0.29, 0.717) is 6.04 Å². The summed E-state index contributed by atoms with van der Waals surface area (Å²) in [4.78, 5) is 13.4. The van der Waals surface area contributed by atoms with Gasteiger partial charge in [0.05, 0.1) is 0 Å². The lowest BCUT2D eigenvalue weighted by Gasteiger charge is -2.24. The number of carbonyl (C=O) groups is 1. The molecule has 1 heterocycles. The smallest absolute Gasteiger partial charge is 0.253 e. The summed E-state index contributed by atoms with van der Waals surface area (Å²) in [6.45, 7) is 2.18. The zero-order valence-corrected chi connectivity index (χ0v) is 10.1. The van der Waals surface area contributed by atoms with Crippen LogP contribution in [0.1, 0.15) is 29.3 Å². The molecule has 1 amide bonds. The van der Waals surface area contributed by atoms with Crippen molar-refractivity contribution in [1.82, 2.24) is 4.90 Å². The van der Waals surface area contributed by atoms with Crippen LogP contribution in [-0.4, -0.2) is 30.9 Å². The van der Waals surface area contributed by atoms with Gasteiger partial charge in [-0.3, -0.25) is 4.79 Å². The van der Waals surface area contributed by atoms with Crippen LogP contribution in [0.3, 0.4) is 0 Å². The Bertz CT molecular complexity index is 412. The maximum Gasteiger partial charge on any atom is 0.253 e. The normalized spacial score (nSPS) is 18.6. The number of hydrogen-bond acceptors (Lipinski definition) is 2. The van der Waals surface area contributed by atoms with Crippen molar-refractivity contribution in [3.63, 3.8) is 0 Å². The van der Waals surface area contributed by atoms with Gasteiger partial charge in [-0.1, -0.05) is 0 Å². The second-order valence-electron chi connectivity index (χ2n) is 4.66. The highest BCUT2D eigenvalue weighted by Crippen LogP contribution is 2.25. The number of rotatable bonds is 1. The van der Waals surface area contributed by atoms with E-state index in [1.807, 2.05) is 18.2 Å². The van der Waals surface area contributed by atoms with Gasteiger partial charge in [0.15, 0.2) is 0 Å². The topological polar surface area (TPSA) is 32.3 Å². The molecule has 3 nitrogen and oxygen atoms in total. The second-order valence-corrected chi connectivity index (χ2v) is 4.66. The first-order chi connectivity index (χ1) is 7.58. The summed E-state index contributed by atoms with van der Waals surface area (Å²) in [6.07, 6.45) is 2.19. The predicted octanol–water partition coefficient (Wildman–Crippen LogP) is 2.14. The minimum absolute atomic E-state index is 0.0708. The van der Waals surface area contributed by atoms with Gasteiger partial charge in [-0.05, 0) is 43.5 Å². The molecule has 1 aliphatic rings. The first-order valence-electron chi connectivity index (χ1n) is 5.69. The SMILES string of the molecule is C[C@H]1CCc2cc(C(=O)N(C)C)ccc2N1. The fourth-order valence-electron chi connectivity index (χ4n) is 2.04. The van der Waals surface area contributed by atoms with Crippen molar-refractivity contribution >= 4 is 11.6 Å². The van der Waals surface area contributed by atoms with E-state index in [0.717, 1.165) is 18.4 Å². The number of fused-ring (bicyclic) bond motifs is 1. The summed E-state index contributed by atoms with van der Waals surface area (Å²) in [5.74, 6) is 0.0708. The number of hydrogen-bond donors (Lipinski definition) is 1. The molecule has 0 aromatic heterocycles. The monoisotopic (exact) mass is 218 g/mol. The molecule has 0 fully saturated rings. The number of benzene rings is 1. The van der Waals surface area contributed by atoms with Gasteiger partial charge in [0.25, 0.3) is 5.91 Å². The Morgan fingerprint density at radius 3 is 2.88 bits per heavy atom. The fourth-order valence-corrected chi connectivity index (χ4v) is 2.04. The third-order valence-corrected chi connectivity index (χ3v) is 3.01. The van der Waals surface area contributed by atoms with Crippen LogP contribution in [-0.2, 0) is 6.42 Å². The lowest BCUT2D eigenvalue weighted by atomic mass is 9.97. The van der Waals surface area contributed by atoms with Crippen LogP contribution >= 0.6 is 0 Å². The summed E-state index contributed by atoms with van der Waals surface area (Å²) in [5.41, 5.74) is 3.21. The van der Waals surface area contributed by atoms with E-state index in [4.69, 9.17) is 0 Å². The van der Waals surface area contributed by atoms with E-state index in [1.54, 1.807) is 19.0 Å². The molecule has 1 atom stereocenters. The number of anilines is 1. The Morgan fingerprint density at radius 2 is 2.19 bits per heavy atom. The van der Waals surface area contributed by atoms with Crippen molar-refractivity contribution in [2.45, 2.75) is 25.8 Å². The largest absolute Gasteiger partial charge is 0.382 e. The van der Waals surface area contributed by atoms with Crippen LogP contribution in [0, 0.1) is 0 Å². The van der Waals surface area contributed by atoms with Crippen LogP contribution in [0.4, 0.5) is 5.69 Å². The van der Waals surface area contributed by atoms with Crippen molar-refractivity contribution in [1.29, 1.82) is 0 Å². The number of amides is 1. The summed E-state index contributed by atoms with van der Waals surface area (Å²) < 4.78 is 0. The molecule has 0 saturated heterocycles. The van der Waals surface area contributed by atoms with E-state index in [9.17, 15) is 4.79 Å². The number of aryl methyl sites for hydroxylation is 1. The highest BCUT2D eigenvalue weighted by atomic mass is 16.2. The lowest BCUT2D eigenvalue weighted by Crippen LogP contribution is -2.24. The van der Waals surface area contributed by atoms with Gasteiger partial charge in [0.2, 0.25) is 0 Å². The van der Waals surface area contributed by atoms with Crippen molar-refractivity contribution < 1.29 is 4.79 Å². The first-order valence-corrected chi connectivity index (χ1v) is 5.69. The Kier molecular flexibility index (Phi) is 2.86. The Balaban J connectivity index is 2.29. The fraction of sp³-hybridized carbons (Fsp3) is 0.462. The van der Waals surface area contributed by atoms with Gasteiger partial charge >= 0.3 is 0 Å². The number of nitrogens with zero attached hydrogens (tertiary/aromatic N) is 1. The molecule has 1 aromatic carbocycles. The molecule has 1 aromatic rings. The molecule has 1 N–H and O–H groups in total. The third-order valence-electron chi connectivity index (χ3n) is 3.01. The Morgan fingerprint density at radius 1 is 1.44 bits per heavy atom. The Hall–Kier alpha value is -1.51. The Labute approximate surface area is 96.5 Å². The summed E-state index contributed by atoms with van der Waals surface area (Å²) in [7, 11) is 3.56. The average molecular weight is 218 g/mol. The summed E-state index contributed by atoms with van der Waals surface area (Å²) in [6, 6.07) is 6.45. The number of carbonyl (C=O) groups excluding carboxylic acids is 1. The third kappa shape index (κ3) is 2.03. The van der Waals surface area contributed by atoms with Crippen LogP contribution in [0.5, 0.6) is 0 Å². The highest BCUT2D eigenvalue weighted by molar-refractivity contribution is 5.94. The lowest BCUT2D eigenvalue weighted by molar-refractivity contribution is 0.0827. The average Bonchev–Trinajstić information content (AvgIpc) is 2.27. The molecule has 86 valence electrons. The van der Waals surface area contributed by atoms with Crippen LogP contribution < -0.4 is 5.32 Å². The molecule has 16 heavy (non-hydrogen) atoms. The van der Waals surface area contributed by atoms with Crippen molar-refractivity contribution in [3.05, 3.63) is 29.3 Å². The van der Waals surface area contributed by atoms with Gasteiger partial charge in [-0.2, -0.15) is 0 Å². The summed E-state index contributed by atoms with van der Waals surface area (Å²) in [5, 5.41) is 3.43. The minimum Gasteiger partial charge on any atom is -0.382 e. The van der Waals surface area contributed by atoms with E-state index in [-0.39, 0.29) is 5.91 Å². The second kappa shape index (κ2) is 4.16. The van der Waals surface area contributed by atoms with E-state index in [2.05, 4.69) is 12.2 Å². The van der Waals surface area contributed by atoms with Gasteiger partial charge in [-0.25, -0.2) is 0 Å². The highest BCUT2D eigenvalue weighted by Gasteiger charge is 2.16. The molecule has 2 rings (SSSR count). The molecule has 1 aliphatic heterocycles. The van der Waals surface area contributed by atoms with Gasteiger partial charge in [-0.15, -0.1) is 0 Å². The molecule has 0 unspecified atom stereocenters. The maximum atomic E-state index is 11.8. The van der Waals surface area contributed by atoms with Crippen LogP contribution in [0.25, 0.3) is 0 Å².